The summed E-state index contributed by atoms with van der Waals surface area (Å²) >= 11 is 0. The molecule has 2 heterocycles. The van der Waals surface area contributed by atoms with E-state index in [0.29, 0.717) is 0 Å². The lowest BCUT2D eigenvalue weighted by Crippen LogP contribution is -2.42. The Kier molecular flexibility index (Phi) is 3.78. The Hall–Kier alpha value is -1.36. The molecule has 1 fully saturated rings. The Morgan fingerprint density at radius 2 is 2.47 bits per heavy atom. The number of carbonyl (C=O) groups excluding carboxylic acids is 1. The molecule has 94 valence electrons. The Bertz CT molecular complexity index is 362. The number of amides is 1. The SMILES string of the molecule is CN(C)C(=O)C1CCCN(Cc2cocn2)C1. The van der Waals surface area contributed by atoms with E-state index in [9.17, 15) is 4.79 Å². The van der Waals surface area contributed by atoms with Crippen LogP contribution >= 0.6 is 0 Å². The first-order valence-corrected chi connectivity index (χ1v) is 5.97. The van der Waals surface area contributed by atoms with Gasteiger partial charge in [-0.2, -0.15) is 0 Å². The van der Waals surface area contributed by atoms with Crippen LogP contribution in [-0.4, -0.2) is 47.9 Å². The van der Waals surface area contributed by atoms with Crippen molar-refractivity contribution < 1.29 is 9.21 Å². The van der Waals surface area contributed by atoms with E-state index < -0.39 is 0 Å². The summed E-state index contributed by atoms with van der Waals surface area (Å²) in [5.41, 5.74) is 0.933. The summed E-state index contributed by atoms with van der Waals surface area (Å²) in [4.78, 5) is 20.0. The van der Waals surface area contributed by atoms with Gasteiger partial charge < -0.3 is 9.32 Å². The van der Waals surface area contributed by atoms with Crippen molar-refractivity contribution in [3.63, 3.8) is 0 Å². The number of rotatable bonds is 3. The largest absolute Gasteiger partial charge is 0.451 e. The van der Waals surface area contributed by atoms with Crippen molar-refractivity contribution in [3.05, 3.63) is 18.4 Å². The zero-order valence-electron chi connectivity index (χ0n) is 10.4. The molecule has 0 spiro atoms. The van der Waals surface area contributed by atoms with Crippen LogP contribution in [0.1, 0.15) is 18.5 Å². The van der Waals surface area contributed by atoms with E-state index in [4.69, 9.17) is 4.42 Å². The van der Waals surface area contributed by atoms with Gasteiger partial charge in [0.25, 0.3) is 0 Å². The molecule has 1 aliphatic rings. The molecule has 0 aliphatic carbocycles. The van der Waals surface area contributed by atoms with Gasteiger partial charge in [0, 0.05) is 27.2 Å². The van der Waals surface area contributed by atoms with Crippen LogP contribution in [0.3, 0.4) is 0 Å². The molecule has 17 heavy (non-hydrogen) atoms. The van der Waals surface area contributed by atoms with Crippen molar-refractivity contribution in [2.45, 2.75) is 19.4 Å². The highest BCUT2D eigenvalue weighted by Gasteiger charge is 2.26. The van der Waals surface area contributed by atoms with E-state index in [1.165, 1.54) is 6.39 Å². The first-order valence-electron chi connectivity index (χ1n) is 5.97. The average Bonchev–Trinajstić information content (AvgIpc) is 2.81. The second-order valence-electron chi connectivity index (χ2n) is 4.79. The molecule has 0 bridgehead atoms. The van der Waals surface area contributed by atoms with Crippen LogP contribution in [0.5, 0.6) is 0 Å². The highest BCUT2D eigenvalue weighted by atomic mass is 16.3. The quantitative estimate of drug-likeness (QED) is 0.786. The highest BCUT2D eigenvalue weighted by Crippen LogP contribution is 2.19. The topological polar surface area (TPSA) is 49.6 Å². The molecule has 1 aromatic rings. The van der Waals surface area contributed by atoms with Crippen molar-refractivity contribution in [2.24, 2.45) is 5.92 Å². The molecule has 5 nitrogen and oxygen atoms in total. The summed E-state index contributed by atoms with van der Waals surface area (Å²) in [6.45, 7) is 2.63. The van der Waals surface area contributed by atoms with Gasteiger partial charge in [-0.15, -0.1) is 0 Å². The molecular weight excluding hydrogens is 218 g/mol. The third-order valence-electron chi connectivity index (χ3n) is 3.16. The van der Waals surface area contributed by atoms with Crippen LogP contribution in [-0.2, 0) is 11.3 Å². The molecule has 1 atom stereocenters. The fourth-order valence-electron chi connectivity index (χ4n) is 2.31. The maximum atomic E-state index is 11.9. The summed E-state index contributed by atoms with van der Waals surface area (Å²) in [5, 5.41) is 0. The van der Waals surface area contributed by atoms with Gasteiger partial charge >= 0.3 is 0 Å². The van der Waals surface area contributed by atoms with Crippen LogP contribution in [0, 0.1) is 5.92 Å². The van der Waals surface area contributed by atoms with E-state index in [1.807, 2.05) is 14.1 Å². The van der Waals surface area contributed by atoms with Crippen molar-refractivity contribution in [1.29, 1.82) is 0 Å². The van der Waals surface area contributed by atoms with Crippen molar-refractivity contribution in [3.8, 4) is 0 Å². The second-order valence-corrected chi connectivity index (χ2v) is 4.79. The predicted molar refractivity (Wildman–Crippen MR) is 63.2 cm³/mol. The molecule has 0 N–H and O–H groups in total. The molecule has 0 saturated carbocycles. The number of oxazole rings is 1. The van der Waals surface area contributed by atoms with E-state index in [-0.39, 0.29) is 11.8 Å². The predicted octanol–water partition coefficient (Wildman–Crippen LogP) is 0.975. The van der Waals surface area contributed by atoms with Gasteiger partial charge in [0.2, 0.25) is 5.91 Å². The van der Waals surface area contributed by atoms with Gasteiger partial charge in [0.05, 0.1) is 11.6 Å². The molecular formula is C12H19N3O2. The number of nitrogens with zero attached hydrogens (tertiary/aromatic N) is 3. The normalized spacial score (nSPS) is 21.4. The van der Waals surface area contributed by atoms with E-state index in [1.54, 1.807) is 11.2 Å². The Morgan fingerprint density at radius 3 is 3.12 bits per heavy atom. The van der Waals surface area contributed by atoms with Crippen LogP contribution in [0.2, 0.25) is 0 Å². The summed E-state index contributed by atoms with van der Waals surface area (Å²) in [7, 11) is 3.64. The zero-order chi connectivity index (χ0) is 12.3. The number of hydrogen-bond acceptors (Lipinski definition) is 4. The maximum Gasteiger partial charge on any atom is 0.226 e. The molecule has 1 amide bonds. The molecule has 2 rings (SSSR count). The molecule has 1 aliphatic heterocycles. The Balaban J connectivity index is 1.91. The van der Waals surface area contributed by atoms with Crippen LogP contribution in [0.4, 0.5) is 0 Å². The minimum Gasteiger partial charge on any atom is -0.451 e. The fraction of sp³-hybridized carbons (Fsp3) is 0.667. The van der Waals surface area contributed by atoms with Gasteiger partial charge in [-0.3, -0.25) is 9.69 Å². The number of aromatic nitrogens is 1. The standard InChI is InChI=1S/C12H19N3O2/c1-14(2)12(16)10-4-3-5-15(6-10)7-11-8-17-9-13-11/h8-10H,3-7H2,1-2H3. The van der Waals surface area contributed by atoms with Gasteiger partial charge in [0.15, 0.2) is 6.39 Å². The summed E-state index contributed by atoms with van der Waals surface area (Å²) < 4.78 is 4.96. The minimum absolute atomic E-state index is 0.130. The molecule has 1 unspecified atom stereocenters. The summed E-state index contributed by atoms with van der Waals surface area (Å²) in [5.74, 6) is 0.362. The lowest BCUT2D eigenvalue weighted by molar-refractivity contribution is -0.134. The number of hydrogen-bond donors (Lipinski definition) is 0. The highest BCUT2D eigenvalue weighted by molar-refractivity contribution is 5.78. The number of likely N-dealkylation sites (tertiary alicyclic amines) is 1. The smallest absolute Gasteiger partial charge is 0.226 e. The number of piperidine rings is 1. The van der Waals surface area contributed by atoms with Gasteiger partial charge in [-0.1, -0.05) is 0 Å². The molecule has 0 aromatic carbocycles. The van der Waals surface area contributed by atoms with E-state index >= 15 is 0 Å². The minimum atomic E-state index is 0.130. The van der Waals surface area contributed by atoms with Crippen LogP contribution in [0.25, 0.3) is 0 Å². The Morgan fingerprint density at radius 1 is 1.65 bits per heavy atom. The maximum absolute atomic E-state index is 11.9. The van der Waals surface area contributed by atoms with Gasteiger partial charge in [0.1, 0.15) is 6.26 Å². The lowest BCUT2D eigenvalue weighted by Gasteiger charge is -2.32. The molecule has 1 saturated heterocycles. The van der Waals surface area contributed by atoms with E-state index in [0.717, 1.165) is 38.2 Å². The first kappa shape index (κ1) is 12.1. The molecule has 1 aromatic heterocycles. The van der Waals surface area contributed by atoms with Crippen LogP contribution < -0.4 is 0 Å². The summed E-state index contributed by atoms with van der Waals surface area (Å²) in [6.07, 6.45) is 5.17. The van der Waals surface area contributed by atoms with Crippen molar-refractivity contribution in [1.82, 2.24) is 14.8 Å². The molecule has 5 heteroatoms. The molecule has 0 radical (unpaired) electrons. The van der Waals surface area contributed by atoms with Crippen molar-refractivity contribution in [2.75, 3.05) is 27.2 Å². The fourth-order valence-corrected chi connectivity index (χ4v) is 2.31. The monoisotopic (exact) mass is 237 g/mol. The summed E-state index contributed by atoms with van der Waals surface area (Å²) in [6, 6.07) is 0. The van der Waals surface area contributed by atoms with Gasteiger partial charge in [-0.05, 0) is 19.4 Å². The number of carbonyl (C=O) groups is 1. The van der Waals surface area contributed by atoms with E-state index in [2.05, 4.69) is 9.88 Å². The average molecular weight is 237 g/mol. The zero-order valence-corrected chi connectivity index (χ0v) is 10.4. The lowest BCUT2D eigenvalue weighted by atomic mass is 9.96. The van der Waals surface area contributed by atoms with Crippen LogP contribution in [0.15, 0.2) is 17.1 Å². The van der Waals surface area contributed by atoms with Crippen molar-refractivity contribution >= 4 is 5.91 Å². The second kappa shape index (κ2) is 5.31. The third-order valence-corrected chi connectivity index (χ3v) is 3.16. The Labute approximate surface area is 101 Å². The first-order chi connectivity index (χ1) is 8.16. The third kappa shape index (κ3) is 3.06. The van der Waals surface area contributed by atoms with Gasteiger partial charge in [-0.25, -0.2) is 4.98 Å².